The molecule has 0 aromatic carbocycles. The average Bonchev–Trinajstić information content (AvgIpc) is 2.82. The van der Waals surface area contributed by atoms with E-state index in [0.717, 1.165) is 23.1 Å². The van der Waals surface area contributed by atoms with Crippen molar-refractivity contribution >= 4 is 23.0 Å². The van der Waals surface area contributed by atoms with Crippen LogP contribution in [-0.2, 0) is 18.4 Å². The summed E-state index contributed by atoms with van der Waals surface area (Å²) in [6.07, 6.45) is 2.95. The Hall–Kier alpha value is -1.69. The van der Waals surface area contributed by atoms with Crippen LogP contribution in [0, 0.1) is 0 Å². The van der Waals surface area contributed by atoms with Crippen LogP contribution in [0.4, 0.5) is 11.6 Å². The van der Waals surface area contributed by atoms with E-state index in [1.54, 1.807) is 17.4 Å². The van der Waals surface area contributed by atoms with Gasteiger partial charge in [0.05, 0.1) is 6.54 Å². The van der Waals surface area contributed by atoms with Crippen molar-refractivity contribution in [3.8, 4) is 0 Å². The van der Waals surface area contributed by atoms with E-state index in [0.29, 0.717) is 12.4 Å². The molecule has 0 radical (unpaired) electrons. The minimum Gasteiger partial charge on any atom is -0.384 e. The van der Waals surface area contributed by atoms with E-state index < -0.39 is 0 Å². The summed E-state index contributed by atoms with van der Waals surface area (Å²) in [7, 11) is 0. The number of thiazole rings is 1. The first-order valence-corrected chi connectivity index (χ1v) is 7.52. The fraction of sp³-hybridized carbons (Fsp3) is 0.500. The molecule has 0 bridgehead atoms. The molecule has 2 rings (SSSR count). The molecule has 0 aliphatic carbocycles. The Balaban J connectivity index is 2.11. The molecule has 20 heavy (non-hydrogen) atoms. The van der Waals surface area contributed by atoms with Crippen molar-refractivity contribution in [2.45, 2.75) is 46.1 Å². The second-order valence-corrected chi connectivity index (χ2v) is 6.88. The summed E-state index contributed by atoms with van der Waals surface area (Å²) in [6, 6.07) is 1.75. The third-order valence-corrected chi connectivity index (χ3v) is 3.93. The molecule has 0 saturated heterocycles. The minimum atomic E-state index is -0.123. The maximum absolute atomic E-state index is 5.85. The maximum Gasteiger partial charge on any atom is 0.138 e. The van der Waals surface area contributed by atoms with Crippen molar-refractivity contribution in [2.75, 3.05) is 11.1 Å². The average molecular weight is 291 g/mol. The molecule has 0 unspecified atom stereocenters. The van der Waals surface area contributed by atoms with Crippen LogP contribution in [0.1, 0.15) is 43.4 Å². The van der Waals surface area contributed by atoms with Crippen LogP contribution in [0.5, 0.6) is 0 Å². The summed E-state index contributed by atoms with van der Waals surface area (Å²) >= 11 is 1.72. The smallest absolute Gasteiger partial charge is 0.138 e. The molecule has 0 spiro atoms. The Labute approximate surface area is 123 Å². The summed E-state index contributed by atoms with van der Waals surface area (Å²) in [5, 5.41) is 4.32. The Morgan fingerprint density at radius 3 is 2.65 bits per heavy atom. The van der Waals surface area contributed by atoms with E-state index in [-0.39, 0.29) is 5.41 Å². The summed E-state index contributed by atoms with van der Waals surface area (Å²) in [5.74, 6) is 1.98. The molecular weight excluding hydrogens is 270 g/mol. The molecule has 0 aliphatic heterocycles. The molecule has 0 saturated carbocycles. The SMILES string of the molecule is CCc1cnc(CNc2cc(N)nc(C(C)(C)C)n2)s1. The van der Waals surface area contributed by atoms with Crippen LogP contribution in [0.15, 0.2) is 12.3 Å². The van der Waals surface area contributed by atoms with E-state index >= 15 is 0 Å². The standard InChI is InChI=1S/C14H21N5S/c1-5-9-7-17-12(20-9)8-16-11-6-10(15)18-13(19-11)14(2,3)4/h6-7H,5,8H2,1-4H3,(H3,15,16,18,19). The van der Waals surface area contributed by atoms with Gasteiger partial charge in [-0.15, -0.1) is 11.3 Å². The summed E-state index contributed by atoms with van der Waals surface area (Å²) < 4.78 is 0. The quantitative estimate of drug-likeness (QED) is 0.905. The van der Waals surface area contributed by atoms with E-state index in [1.807, 2.05) is 6.20 Å². The number of nitrogen functional groups attached to an aromatic ring is 1. The highest BCUT2D eigenvalue weighted by Gasteiger charge is 2.18. The number of rotatable bonds is 4. The largest absolute Gasteiger partial charge is 0.384 e. The molecule has 2 heterocycles. The maximum atomic E-state index is 5.85. The summed E-state index contributed by atoms with van der Waals surface area (Å²) in [4.78, 5) is 14.5. The van der Waals surface area contributed by atoms with Crippen molar-refractivity contribution in [1.82, 2.24) is 15.0 Å². The third-order valence-electron chi connectivity index (χ3n) is 2.79. The highest BCUT2D eigenvalue weighted by Crippen LogP contribution is 2.22. The Morgan fingerprint density at radius 1 is 1.30 bits per heavy atom. The normalized spacial score (nSPS) is 11.6. The number of anilines is 2. The Bertz CT molecular complexity index is 585. The predicted octanol–water partition coefficient (Wildman–Crippen LogP) is 2.99. The van der Waals surface area contributed by atoms with Gasteiger partial charge in [0.25, 0.3) is 0 Å². The lowest BCUT2D eigenvalue weighted by Gasteiger charge is -2.17. The molecule has 0 fully saturated rings. The lowest BCUT2D eigenvalue weighted by molar-refractivity contribution is 0.547. The highest BCUT2D eigenvalue weighted by molar-refractivity contribution is 7.11. The van der Waals surface area contributed by atoms with Gasteiger partial charge < -0.3 is 11.1 Å². The lowest BCUT2D eigenvalue weighted by atomic mass is 9.96. The fourth-order valence-electron chi connectivity index (χ4n) is 1.65. The zero-order valence-electron chi connectivity index (χ0n) is 12.4. The van der Waals surface area contributed by atoms with Crippen molar-refractivity contribution in [3.05, 3.63) is 28.0 Å². The van der Waals surface area contributed by atoms with E-state index in [2.05, 4.69) is 48.0 Å². The zero-order chi connectivity index (χ0) is 14.8. The second kappa shape index (κ2) is 5.75. The van der Waals surface area contributed by atoms with Gasteiger partial charge in [-0.1, -0.05) is 27.7 Å². The molecule has 0 atom stereocenters. The van der Waals surface area contributed by atoms with E-state index in [9.17, 15) is 0 Å². The zero-order valence-corrected chi connectivity index (χ0v) is 13.2. The van der Waals surface area contributed by atoms with E-state index in [1.165, 1.54) is 4.88 Å². The molecule has 2 aromatic heterocycles. The molecule has 108 valence electrons. The van der Waals surface area contributed by atoms with Crippen molar-refractivity contribution in [3.63, 3.8) is 0 Å². The molecule has 3 N–H and O–H groups in total. The summed E-state index contributed by atoms with van der Waals surface area (Å²) in [6.45, 7) is 9.00. The Kier molecular flexibility index (Phi) is 4.23. The monoisotopic (exact) mass is 291 g/mol. The lowest BCUT2D eigenvalue weighted by Crippen LogP contribution is -2.18. The van der Waals surface area contributed by atoms with Gasteiger partial charge in [0.1, 0.15) is 22.5 Å². The Morgan fingerprint density at radius 2 is 2.05 bits per heavy atom. The van der Waals surface area contributed by atoms with Crippen molar-refractivity contribution in [2.24, 2.45) is 0 Å². The molecule has 2 aromatic rings. The molecular formula is C14H21N5S. The summed E-state index contributed by atoms with van der Waals surface area (Å²) in [5.41, 5.74) is 5.72. The van der Waals surface area contributed by atoms with Crippen LogP contribution >= 0.6 is 11.3 Å². The highest BCUT2D eigenvalue weighted by atomic mass is 32.1. The van der Waals surface area contributed by atoms with Crippen LogP contribution in [-0.4, -0.2) is 15.0 Å². The van der Waals surface area contributed by atoms with Gasteiger partial charge in [-0.05, 0) is 6.42 Å². The first-order chi connectivity index (χ1) is 9.38. The van der Waals surface area contributed by atoms with Gasteiger partial charge >= 0.3 is 0 Å². The number of nitrogens with zero attached hydrogens (tertiary/aromatic N) is 3. The number of nitrogens with two attached hydrogens (primary N) is 1. The third kappa shape index (κ3) is 3.66. The first kappa shape index (κ1) is 14.7. The van der Waals surface area contributed by atoms with E-state index in [4.69, 9.17) is 5.73 Å². The van der Waals surface area contributed by atoms with Crippen molar-refractivity contribution < 1.29 is 0 Å². The van der Waals surface area contributed by atoms with Crippen LogP contribution in [0.2, 0.25) is 0 Å². The van der Waals surface area contributed by atoms with Gasteiger partial charge in [-0.3, -0.25) is 0 Å². The van der Waals surface area contributed by atoms with Gasteiger partial charge in [0.15, 0.2) is 0 Å². The number of aryl methyl sites for hydroxylation is 1. The second-order valence-electron chi connectivity index (χ2n) is 5.68. The minimum absolute atomic E-state index is 0.123. The fourth-order valence-corrected chi connectivity index (χ4v) is 2.45. The van der Waals surface area contributed by atoms with Crippen LogP contribution in [0.3, 0.4) is 0 Å². The van der Waals surface area contributed by atoms with Crippen molar-refractivity contribution in [1.29, 1.82) is 0 Å². The first-order valence-electron chi connectivity index (χ1n) is 6.71. The van der Waals surface area contributed by atoms with Gasteiger partial charge in [-0.25, -0.2) is 15.0 Å². The van der Waals surface area contributed by atoms with Gasteiger partial charge in [0.2, 0.25) is 0 Å². The van der Waals surface area contributed by atoms with Gasteiger partial charge in [0, 0.05) is 22.6 Å². The molecule has 0 aliphatic rings. The predicted molar refractivity (Wildman–Crippen MR) is 84.0 cm³/mol. The number of hydrogen-bond acceptors (Lipinski definition) is 6. The number of nitrogens with one attached hydrogen (secondary N) is 1. The molecule has 6 heteroatoms. The number of aromatic nitrogens is 3. The molecule has 0 amide bonds. The topological polar surface area (TPSA) is 76.7 Å². The van der Waals surface area contributed by atoms with Crippen LogP contribution < -0.4 is 11.1 Å². The van der Waals surface area contributed by atoms with Crippen LogP contribution in [0.25, 0.3) is 0 Å². The van der Waals surface area contributed by atoms with Gasteiger partial charge in [-0.2, -0.15) is 0 Å². The molecule has 5 nitrogen and oxygen atoms in total. The number of hydrogen-bond donors (Lipinski definition) is 2.